The number of amides is 1. The summed E-state index contributed by atoms with van der Waals surface area (Å²) in [5.41, 5.74) is 7.71. The van der Waals surface area contributed by atoms with E-state index >= 15 is 0 Å². The van der Waals surface area contributed by atoms with Crippen LogP contribution in [0.3, 0.4) is 0 Å². The highest BCUT2D eigenvalue weighted by Gasteiger charge is 2.29. The van der Waals surface area contributed by atoms with Gasteiger partial charge in [-0.2, -0.15) is 10.2 Å². The van der Waals surface area contributed by atoms with Gasteiger partial charge < -0.3 is 16.4 Å². The molecular weight excluding hydrogens is 475 g/mol. The van der Waals surface area contributed by atoms with Crippen molar-refractivity contribution in [1.29, 1.82) is 5.26 Å². The van der Waals surface area contributed by atoms with E-state index in [2.05, 4.69) is 15.6 Å². The Morgan fingerprint density at radius 2 is 1.82 bits per heavy atom. The SMILES string of the molecule is N#Cc1cc(Cl)c(Nc2nc3cnc(NC4CCC4)nc3n2C2CCC(C(N)=O)CC2)c(Cl)c1. The molecule has 1 amide bonds. The normalized spacial score (nSPS) is 20.5. The zero-order valence-electron chi connectivity index (χ0n) is 18.4. The van der Waals surface area contributed by atoms with Gasteiger partial charge in [0.15, 0.2) is 5.65 Å². The molecular formula is C23H24Cl2N8O. The Hall–Kier alpha value is -3.09. The van der Waals surface area contributed by atoms with Crippen LogP contribution in [0.2, 0.25) is 10.0 Å². The summed E-state index contributed by atoms with van der Waals surface area (Å²) in [6.07, 6.45) is 8.07. The van der Waals surface area contributed by atoms with Crippen molar-refractivity contribution in [3.63, 3.8) is 0 Å². The molecule has 0 unspecified atom stereocenters. The molecule has 2 aromatic heterocycles. The number of halogens is 2. The van der Waals surface area contributed by atoms with E-state index in [0.717, 1.165) is 25.7 Å². The van der Waals surface area contributed by atoms with Crippen LogP contribution in [0.15, 0.2) is 18.3 Å². The summed E-state index contributed by atoms with van der Waals surface area (Å²) in [5, 5.41) is 16.5. The van der Waals surface area contributed by atoms with Crippen LogP contribution in [0.1, 0.15) is 56.6 Å². The third-order valence-corrected chi connectivity index (χ3v) is 7.34. The molecule has 0 spiro atoms. The third kappa shape index (κ3) is 4.36. The summed E-state index contributed by atoms with van der Waals surface area (Å²) in [4.78, 5) is 25.7. The maximum Gasteiger partial charge on any atom is 0.224 e. The lowest BCUT2D eigenvalue weighted by Crippen LogP contribution is -2.29. The predicted octanol–water partition coefficient (Wildman–Crippen LogP) is 4.93. The topological polar surface area (TPSA) is 135 Å². The average Bonchev–Trinajstić information content (AvgIpc) is 3.15. The predicted molar refractivity (Wildman–Crippen MR) is 131 cm³/mol. The number of carbonyl (C=O) groups excluding carboxylic acids is 1. The molecule has 2 saturated carbocycles. The van der Waals surface area contributed by atoms with Gasteiger partial charge in [-0.1, -0.05) is 23.2 Å². The number of imidazole rings is 1. The summed E-state index contributed by atoms with van der Waals surface area (Å²) in [6, 6.07) is 5.62. The van der Waals surface area contributed by atoms with Crippen LogP contribution >= 0.6 is 23.2 Å². The second-order valence-corrected chi connectivity index (χ2v) is 9.75. The Labute approximate surface area is 206 Å². The van der Waals surface area contributed by atoms with Crippen molar-refractivity contribution < 1.29 is 4.79 Å². The molecule has 1 aromatic carbocycles. The Morgan fingerprint density at radius 3 is 2.41 bits per heavy atom. The molecule has 0 atom stereocenters. The number of primary amides is 1. The molecule has 0 bridgehead atoms. The van der Waals surface area contributed by atoms with Crippen LogP contribution in [-0.2, 0) is 4.79 Å². The fourth-order valence-electron chi connectivity index (χ4n) is 4.62. The molecule has 5 rings (SSSR count). The van der Waals surface area contributed by atoms with Gasteiger partial charge in [0.25, 0.3) is 0 Å². The maximum absolute atomic E-state index is 11.7. The number of nitrogens with two attached hydrogens (primary N) is 1. The number of carbonyl (C=O) groups is 1. The Kier molecular flexibility index (Phi) is 6.19. The smallest absolute Gasteiger partial charge is 0.224 e. The standard InChI is InChI=1S/C23H24Cl2N8O/c24-16-8-12(10-26)9-17(25)19(16)31-23-30-18-11-28-22(29-14-2-1-3-14)32-21(18)33(23)15-6-4-13(5-7-15)20(27)34/h8-9,11,13-15H,1-7H2,(H2,27,34)(H,30,31)(H,28,29,32). The van der Waals surface area contributed by atoms with E-state index < -0.39 is 0 Å². The molecule has 3 aromatic rings. The van der Waals surface area contributed by atoms with Gasteiger partial charge in [0.1, 0.15) is 5.52 Å². The van der Waals surface area contributed by atoms with Gasteiger partial charge in [-0.05, 0) is 57.1 Å². The minimum atomic E-state index is -0.252. The maximum atomic E-state index is 11.7. The van der Waals surface area contributed by atoms with E-state index in [0.29, 0.717) is 63.2 Å². The number of benzene rings is 1. The van der Waals surface area contributed by atoms with E-state index in [9.17, 15) is 10.1 Å². The van der Waals surface area contributed by atoms with E-state index in [4.69, 9.17) is 38.9 Å². The van der Waals surface area contributed by atoms with E-state index in [1.807, 2.05) is 10.6 Å². The van der Waals surface area contributed by atoms with Crippen molar-refractivity contribution in [2.24, 2.45) is 11.7 Å². The number of rotatable bonds is 6. The summed E-state index contributed by atoms with van der Waals surface area (Å²) in [7, 11) is 0. The zero-order chi connectivity index (χ0) is 23.8. The van der Waals surface area contributed by atoms with Crippen molar-refractivity contribution in [3.8, 4) is 6.07 Å². The fraction of sp³-hybridized carbons (Fsp3) is 0.435. The first-order valence-corrected chi connectivity index (χ1v) is 12.2. The van der Waals surface area contributed by atoms with Crippen LogP contribution in [0.5, 0.6) is 0 Å². The van der Waals surface area contributed by atoms with E-state index in [1.165, 1.54) is 6.42 Å². The number of hydrogen-bond donors (Lipinski definition) is 3. The van der Waals surface area contributed by atoms with Gasteiger partial charge in [-0.15, -0.1) is 0 Å². The van der Waals surface area contributed by atoms with Gasteiger partial charge in [0.2, 0.25) is 17.8 Å². The largest absolute Gasteiger partial charge is 0.369 e. The zero-order valence-corrected chi connectivity index (χ0v) is 19.9. The monoisotopic (exact) mass is 498 g/mol. The summed E-state index contributed by atoms with van der Waals surface area (Å²) in [5.74, 6) is 0.736. The van der Waals surface area contributed by atoms with Crippen LogP contribution in [0, 0.1) is 17.2 Å². The highest BCUT2D eigenvalue weighted by Crippen LogP contribution is 2.39. The van der Waals surface area contributed by atoms with Gasteiger partial charge >= 0.3 is 0 Å². The van der Waals surface area contributed by atoms with Crippen LogP contribution in [0.4, 0.5) is 17.6 Å². The molecule has 9 nitrogen and oxygen atoms in total. The fourth-order valence-corrected chi connectivity index (χ4v) is 5.20. The molecule has 0 aliphatic heterocycles. The van der Waals surface area contributed by atoms with E-state index in [1.54, 1.807) is 18.3 Å². The summed E-state index contributed by atoms with van der Waals surface area (Å²) < 4.78 is 2.05. The highest BCUT2D eigenvalue weighted by atomic mass is 35.5. The van der Waals surface area contributed by atoms with Gasteiger partial charge in [-0.25, -0.2) is 9.97 Å². The molecule has 2 heterocycles. The summed E-state index contributed by atoms with van der Waals surface area (Å²) >= 11 is 12.9. The van der Waals surface area contributed by atoms with Crippen LogP contribution in [-0.4, -0.2) is 31.5 Å². The molecule has 2 fully saturated rings. The Balaban J connectivity index is 1.54. The Bertz CT molecular complexity index is 1270. The number of hydrogen-bond acceptors (Lipinski definition) is 7. The van der Waals surface area contributed by atoms with Crippen LogP contribution < -0.4 is 16.4 Å². The molecule has 2 aliphatic rings. The minimum Gasteiger partial charge on any atom is -0.369 e. The second kappa shape index (κ2) is 9.28. The first kappa shape index (κ1) is 22.7. The molecule has 34 heavy (non-hydrogen) atoms. The molecule has 0 saturated heterocycles. The van der Waals surface area contributed by atoms with Gasteiger partial charge in [0.05, 0.1) is 33.6 Å². The van der Waals surface area contributed by atoms with Crippen molar-refractivity contribution in [1.82, 2.24) is 19.5 Å². The van der Waals surface area contributed by atoms with Gasteiger partial charge in [-0.3, -0.25) is 9.36 Å². The van der Waals surface area contributed by atoms with Crippen molar-refractivity contribution in [2.45, 2.75) is 57.0 Å². The van der Waals surface area contributed by atoms with E-state index in [-0.39, 0.29) is 17.9 Å². The number of aromatic nitrogens is 4. The molecule has 4 N–H and O–H groups in total. The average molecular weight is 499 g/mol. The lowest BCUT2D eigenvalue weighted by Gasteiger charge is -2.29. The lowest BCUT2D eigenvalue weighted by atomic mass is 9.85. The first-order chi connectivity index (χ1) is 16.4. The minimum absolute atomic E-state index is 0.0606. The first-order valence-electron chi connectivity index (χ1n) is 11.4. The number of nitriles is 1. The summed E-state index contributed by atoms with van der Waals surface area (Å²) in [6.45, 7) is 0. The van der Waals surface area contributed by atoms with Crippen LogP contribution in [0.25, 0.3) is 11.2 Å². The number of nitrogens with one attached hydrogen (secondary N) is 2. The van der Waals surface area contributed by atoms with Crippen molar-refractivity contribution in [2.75, 3.05) is 10.6 Å². The van der Waals surface area contributed by atoms with Gasteiger partial charge in [0, 0.05) is 18.0 Å². The number of anilines is 3. The second-order valence-electron chi connectivity index (χ2n) is 8.94. The Morgan fingerprint density at radius 1 is 1.12 bits per heavy atom. The highest BCUT2D eigenvalue weighted by molar-refractivity contribution is 6.39. The van der Waals surface area contributed by atoms with Crippen molar-refractivity contribution >= 4 is 57.9 Å². The quantitative estimate of drug-likeness (QED) is 0.438. The molecule has 11 heteroatoms. The molecule has 0 radical (unpaired) electrons. The number of nitrogens with zero attached hydrogens (tertiary/aromatic N) is 5. The molecule has 2 aliphatic carbocycles. The third-order valence-electron chi connectivity index (χ3n) is 6.74. The number of fused-ring (bicyclic) bond motifs is 1. The lowest BCUT2D eigenvalue weighted by molar-refractivity contribution is -0.122. The van der Waals surface area contributed by atoms with Crippen molar-refractivity contribution in [3.05, 3.63) is 33.9 Å². The molecule has 176 valence electrons.